The minimum atomic E-state index is -1.05. The number of benzene rings is 1. The summed E-state index contributed by atoms with van der Waals surface area (Å²) in [4.78, 5) is 12.7. The average molecular weight is 281 g/mol. The van der Waals surface area contributed by atoms with Gasteiger partial charge in [0.15, 0.2) is 0 Å². The molecule has 5 nitrogen and oxygen atoms in total. The summed E-state index contributed by atoms with van der Waals surface area (Å²) in [7, 11) is 1.55. The van der Waals surface area contributed by atoms with Crippen molar-refractivity contribution >= 4 is 6.09 Å². The third-order valence-electron chi connectivity index (χ3n) is 3.23. The van der Waals surface area contributed by atoms with Gasteiger partial charge in [-0.2, -0.15) is 0 Å². The van der Waals surface area contributed by atoms with Gasteiger partial charge >= 0.3 is 6.09 Å². The Kier molecular flexibility index (Phi) is 5.00. The smallest absolute Gasteiger partial charge is 0.408 e. The fourth-order valence-corrected chi connectivity index (χ4v) is 2.32. The Balaban J connectivity index is 3.05. The van der Waals surface area contributed by atoms with E-state index >= 15 is 0 Å². The zero-order valence-electron chi connectivity index (χ0n) is 12.6. The van der Waals surface area contributed by atoms with Gasteiger partial charge in [0.25, 0.3) is 0 Å². The van der Waals surface area contributed by atoms with Gasteiger partial charge in [0.05, 0.1) is 19.3 Å². The van der Waals surface area contributed by atoms with Crippen LogP contribution in [0.3, 0.4) is 0 Å². The number of carboxylic acid groups (broad SMARTS) is 1. The monoisotopic (exact) mass is 281 g/mol. The molecule has 0 saturated heterocycles. The lowest BCUT2D eigenvalue weighted by Crippen LogP contribution is -2.52. The molecule has 0 aliphatic carbocycles. The van der Waals surface area contributed by atoms with Gasteiger partial charge in [-0.1, -0.05) is 12.1 Å². The van der Waals surface area contributed by atoms with Gasteiger partial charge < -0.3 is 14.9 Å². The first-order valence-corrected chi connectivity index (χ1v) is 6.52. The van der Waals surface area contributed by atoms with E-state index in [0.717, 1.165) is 0 Å². The molecule has 1 rings (SSSR count). The lowest BCUT2D eigenvalue weighted by Gasteiger charge is -2.40. The summed E-state index contributed by atoms with van der Waals surface area (Å²) in [6, 6.07) is 6.45. The number of amides is 1. The third kappa shape index (κ3) is 3.63. The molecule has 20 heavy (non-hydrogen) atoms. The Hall–Kier alpha value is -1.75. The number of aliphatic hydroxyl groups excluding tert-OH is 1. The summed E-state index contributed by atoms with van der Waals surface area (Å²) in [5.74, 6) is 0.631. The van der Waals surface area contributed by atoms with E-state index < -0.39 is 23.8 Å². The van der Waals surface area contributed by atoms with Gasteiger partial charge in [-0.15, -0.1) is 0 Å². The second-order valence-electron chi connectivity index (χ2n) is 5.79. The highest BCUT2D eigenvalue weighted by molar-refractivity contribution is 5.66. The normalized spacial score (nSPS) is 14.5. The van der Waals surface area contributed by atoms with E-state index in [9.17, 15) is 15.0 Å². The number of rotatable bonds is 4. The first-order chi connectivity index (χ1) is 9.18. The Labute approximate surface area is 119 Å². The van der Waals surface area contributed by atoms with Crippen LogP contribution in [0.15, 0.2) is 24.3 Å². The Morgan fingerprint density at radius 2 is 1.95 bits per heavy atom. The second kappa shape index (κ2) is 6.13. The van der Waals surface area contributed by atoms with Crippen molar-refractivity contribution in [2.75, 3.05) is 7.11 Å². The third-order valence-corrected chi connectivity index (χ3v) is 3.23. The number of ether oxygens (including phenoxy) is 1. The van der Waals surface area contributed by atoms with E-state index in [4.69, 9.17) is 4.74 Å². The molecule has 1 aromatic rings. The zero-order valence-corrected chi connectivity index (χ0v) is 12.6. The SMILES string of the molecule is COc1cccc([C@@H](O)[C@H](C)N(C(=O)O)C(C)(C)C)c1. The van der Waals surface area contributed by atoms with Gasteiger partial charge in [0, 0.05) is 5.54 Å². The van der Waals surface area contributed by atoms with E-state index in [-0.39, 0.29) is 0 Å². The molecule has 1 aromatic carbocycles. The number of nitrogens with zero attached hydrogens (tertiary/aromatic N) is 1. The van der Waals surface area contributed by atoms with Gasteiger partial charge in [-0.3, -0.25) is 4.90 Å². The van der Waals surface area contributed by atoms with Gasteiger partial charge in [0.2, 0.25) is 0 Å². The van der Waals surface area contributed by atoms with Crippen molar-refractivity contribution in [1.29, 1.82) is 0 Å². The molecule has 2 atom stereocenters. The molecule has 2 N–H and O–H groups in total. The minimum absolute atomic E-state index is 0.570. The lowest BCUT2D eigenvalue weighted by molar-refractivity contribution is 0.0141. The number of hydrogen-bond donors (Lipinski definition) is 2. The molecule has 0 heterocycles. The maximum atomic E-state index is 11.4. The lowest BCUT2D eigenvalue weighted by atomic mass is 9.97. The highest BCUT2D eigenvalue weighted by atomic mass is 16.5. The summed E-state index contributed by atoms with van der Waals surface area (Å²) >= 11 is 0. The molecule has 0 aliphatic heterocycles. The van der Waals surface area contributed by atoms with Crippen LogP contribution < -0.4 is 4.74 Å². The summed E-state index contributed by atoms with van der Waals surface area (Å²) in [5, 5.41) is 19.8. The van der Waals surface area contributed by atoms with Crippen LogP contribution in [0.25, 0.3) is 0 Å². The summed E-state index contributed by atoms with van der Waals surface area (Å²) in [6.07, 6.45) is -1.97. The minimum Gasteiger partial charge on any atom is -0.497 e. The molecule has 0 saturated carbocycles. The molecule has 0 aromatic heterocycles. The highest BCUT2D eigenvalue weighted by Gasteiger charge is 2.35. The van der Waals surface area contributed by atoms with Crippen molar-refractivity contribution in [1.82, 2.24) is 4.90 Å². The molecule has 0 unspecified atom stereocenters. The van der Waals surface area contributed by atoms with Crippen LogP contribution in [0.4, 0.5) is 4.79 Å². The molecule has 112 valence electrons. The second-order valence-corrected chi connectivity index (χ2v) is 5.79. The molecule has 5 heteroatoms. The van der Waals surface area contributed by atoms with Crippen molar-refractivity contribution in [2.45, 2.75) is 45.4 Å². The molecule has 0 radical (unpaired) electrons. The number of carbonyl (C=O) groups is 1. The number of hydrogen-bond acceptors (Lipinski definition) is 3. The maximum absolute atomic E-state index is 11.4. The fraction of sp³-hybridized carbons (Fsp3) is 0.533. The topological polar surface area (TPSA) is 70.0 Å². The zero-order chi connectivity index (χ0) is 15.5. The summed E-state index contributed by atoms with van der Waals surface area (Å²) in [6.45, 7) is 7.10. The predicted octanol–water partition coefficient (Wildman–Crippen LogP) is 2.90. The van der Waals surface area contributed by atoms with E-state index in [0.29, 0.717) is 11.3 Å². The van der Waals surface area contributed by atoms with E-state index in [1.54, 1.807) is 59.1 Å². The molecular formula is C15H23NO4. The van der Waals surface area contributed by atoms with Crippen molar-refractivity contribution in [3.8, 4) is 5.75 Å². The Morgan fingerprint density at radius 1 is 1.35 bits per heavy atom. The van der Waals surface area contributed by atoms with Crippen molar-refractivity contribution in [3.05, 3.63) is 29.8 Å². The van der Waals surface area contributed by atoms with Crippen molar-refractivity contribution in [2.24, 2.45) is 0 Å². The summed E-state index contributed by atoms with van der Waals surface area (Å²) < 4.78 is 5.12. The van der Waals surface area contributed by atoms with E-state index in [2.05, 4.69) is 0 Å². The van der Waals surface area contributed by atoms with Crippen molar-refractivity contribution < 1.29 is 19.7 Å². The van der Waals surface area contributed by atoms with Crippen LogP contribution in [-0.4, -0.2) is 39.9 Å². The standard InChI is InChI=1S/C15H23NO4/c1-10(16(14(18)19)15(2,3)4)13(17)11-7-6-8-12(9-11)20-5/h6-10,13,17H,1-5H3,(H,18,19)/t10-,13-/m0/s1. The first kappa shape index (κ1) is 16.3. The Morgan fingerprint density at radius 3 is 2.40 bits per heavy atom. The van der Waals surface area contributed by atoms with Crippen LogP contribution in [-0.2, 0) is 0 Å². The molecule has 0 fully saturated rings. The van der Waals surface area contributed by atoms with Crippen LogP contribution in [0.5, 0.6) is 5.75 Å². The van der Waals surface area contributed by atoms with Crippen LogP contribution in [0.2, 0.25) is 0 Å². The number of methoxy groups -OCH3 is 1. The maximum Gasteiger partial charge on any atom is 0.408 e. The van der Waals surface area contributed by atoms with E-state index in [1.165, 1.54) is 4.90 Å². The van der Waals surface area contributed by atoms with Gasteiger partial charge in [-0.05, 0) is 45.4 Å². The average Bonchev–Trinajstić information content (AvgIpc) is 2.35. The molecule has 0 bridgehead atoms. The molecule has 0 spiro atoms. The number of aliphatic hydroxyl groups is 1. The highest BCUT2D eigenvalue weighted by Crippen LogP contribution is 2.28. The van der Waals surface area contributed by atoms with Gasteiger partial charge in [-0.25, -0.2) is 4.79 Å². The quantitative estimate of drug-likeness (QED) is 0.890. The van der Waals surface area contributed by atoms with Crippen molar-refractivity contribution in [3.63, 3.8) is 0 Å². The largest absolute Gasteiger partial charge is 0.497 e. The summed E-state index contributed by atoms with van der Waals surface area (Å²) in [5.41, 5.74) is 0.0396. The fourth-order valence-electron chi connectivity index (χ4n) is 2.32. The van der Waals surface area contributed by atoms with Gasteiger partial charge in [0.1, 0.15) is 5.75 Å². The predicted molar refractivity (Wildman–Crippen MR) is 77.0 cm³/mol. The van der Waals surface area contributed by atoms with Crippen LogP contribution in [0, 0.1) is 0 Å². The van der Waals surface area contributed by atoms with E-state index in [1.807, 2.05) is 0 Å². The molecule has 0 aliphatic rings. The Bertz CT molecular complexity index is 467. The van der Waals surface area contributed by atoms with Crippen LogP contribution >= 0.6 is 0 Å². The first-order valence-electron chi connectivity index (χ1n) is 6.52. The molecular weight excluding hydrogens is 258 g/mol. The molecule has 1 amide bonds. The van der Waals surface area contributed by atoms with Crippen LogP contribution in [0.1, 0.15) is 39.4 Å².